The second kappa shape index (κ2) is 3.94. The van der Waals surface area contributed by atoms with E-state index in [4.69, 9.17) is 4.52 Å². The highest BCUT2D eigenvalue weighted by atomic mass is 16.5. The quantitative estimate of drug-likeness (QED) is 0.693. The Morgan fingerprint density at radius 1 is 1.37 bits per heavy atom. The van der Waals surface area contributed by atoms with Gasteiger partial charge in [0.05, 0.1) is 0 Å². The van der Waals surface area contributed by atoms with Gasteiger partial charge < -0.3 is 9.51 Å². The van der Waals surface area contributed by atoms with E-state index < -0.39 is 11.2 Å². The fraction of sp³-hybridized carbons (Fsp3) is 0.273. The minimum atomic E-state index is -0.497. The van der Waals surface area contributed by atoms with Crippen molar-refractivity contribution >= 4 is 11.2 Å². The molecule has 0 saturated carbocycles. The van der Waals surface area contributed by atoms with Gasteiger partial charge in [-0.1, -0.05) is 5.16 Å². The number of aromatic nitrogens is 5. The van der Waals surface area contributed by atoms with E-state index in [0.29, 0.717) is 29.5 Å². The number of H-pyrrole nitrogens is 2. The molecule has 3 aromatic rings. The Balaban J connectivity index is 2.34. The highest BCUT2D eigenvalue weighted by Crippen LogP contribution is 2.17. The number of aryl methyl sites for hydroxylation is 2. The van der Waals surface area contributed by atoms with Crippen LogP contribution in [0.3, 0.4) is 0 Å². The Hall–Kier alpha value is -2.64. The van der Waals surface area contributed by atoms with E-state index in [1.54, 1.807) is 19.9 Å². The van der Waals surface area contributed by atoms with Gasteiger partial charge in [0.2, 0.25) is 0 Å². The third-order valence-corrected chi connectivity index (χ3v) is 2.82. The van der Waals surface area contributed by atoms with Crippen molar-refractivity contribution in [1.29, 1.82) is 0 Å². The van der Waals surface area contributed by atoms with E-state index in [-0.39, 0.29) is 5.52 Å². The molecule has 19 heavy (non-hydrogen) atoms. The minimum Gasteiger partial charge on any atom is -0.361 e. The van der Waals surface area contributed by atoms with Crippen LogP contribution in [0.25, 0.3) is 22.7 Å². The Bertz CT molecular complexity index is 866. The van der Waals surface area contributed by atoms with Gasteiger partial charge in [-0.05, 0) is 13.8 Å². The molecule has 0 atom stereocenters. The van der Waals surface area contributed by atoms with Gasteiger partial charge in [0, 0.05) is 12.6 Å². The molecule has 0 fully saturated rings. The molecule has 3 aromatic heterocycles. The van der Waals surface area contributed by atoms with Crippen LogP contribution in [0.1, 0.15) is 12.7 Å². The molecule has 0 radical (unpaired) electrons. The van der Waals surface area contributed by atoms with E-state index in [1.807, 2.05) is 0 Å². The first-order chi connectivity index (χ1) is 9.10. The van der Waals surface area contributed by atoms with Crippen molar-refractivity contribution < 1.29 is 4.52 Å². The van der Waals surface area contributed by atoms with E-state index in [2.05, 4.69) is 20.1 Å². The molecule has 0 aliphatic rings. The highest BCUT2D eigenvalue weighted by Gasteiger charge is 2.15. The van der Waals surface area contributed by atoms with Crippen molar-refractivity contribution in [3.63, 3.8) is 0 Å². The lowest BCUT2D eigenvalue weighted by Gasteiger charge is -1.99. The van der Waals surface area contributed by atoms with Crippen LogP contribution in [0, 0.1) is 6.92 Å². The first-order valence-electron chi connectivity index (χ1n) is 5.76. The molecular weight excluding hydrogens is 250 g/mol. The Kier molecular flexibility index (Phi) is 2.37. The first kappa shape index (κ1) is 11.5. The monoisotopic (exact) mass is 261 g/mol. The summed E-state index contributed by atoms with van der Waals surface area (Å²) in [5.41, 5.74) is 0.0743. The minimum absolute atomic E-state index is 0.247. The second-order valence-corrected chi connectivity index (χ2v) is 4.11. The normalized spacial score (nSPS) is 11.3. The average molecular weight is 261 g/mol. The van der Waals surface area contributed by atoms with Crippen molar-refractivity contribution in [2.24, 2.45) is 0 Å². The lowest BCUT2D eigenvalue weighted by atomic mass is 10.4. The number of rotatable bonds is 2. The van der Waals surface area contributed by atoms with Crippen molar-refractivity contribution in [2.75, 3.05) is 0 Å². The van der Waals surface area contributed by atoms with Crippen molar-refractivity contribution in [1.82, 2.24) is 24.7 Å². The summed E-state index contributed by atoms with van der Waals surface area (Å²) in [5.74, 6) is 1.03. The second-order valence-electron chi connectivity index (χ2n) is 4.11. The Morgan fingerprint density at radius 2 is 2.16 bits per heavy atom. The molecule has 0 aliphatic carbocycles. The molecule has 0 amide bonds. The van der Waals surface area contributed by atoms with Gasteiger partial charge in [0.1, 0.15) is 17.0 Å². The molecule has 3 heterocycles. The average Bonchev–Trinajstić information content (AvgIpc) is 2.96. The molecule has 8 nitrogen and oxygen atoms in total. The summed E-state index contributed by atoms with van der Waals surface area (Å²) in [6, 6.07) is 1.69. The van der Waals surface area contributed by atoms with Crippen LogP contribution in [0.15, 0.2) is 20.2 Å². The highest BCUT2D eigenvalue weighted by molar-refractivity contribution is 5.74. The van der Waals surface area contributed by atoms with Gasteiger partial charge in [-0.15, -0.1) is 0 Å². The van der Waals surface area contributed by atoms with Crippen LogP contribution in [0.4, 0.5) is 0 Å². The molecule has 0 bridgehead atoms. The van der Waals surface area contributed by atoms with E-state index in [0.717, 1.165) is 0 Å². The predicted molar refractivity (Wildman–Crippen MR) is 66.9 cm³/mol. The smallest absolute Gasteiger partial charge is 0.330 e. The number of fused-ring (bicyclic) bond motifs is 1. The summed E-state index contributed by atoms with van der Waals surface area (Å²) >= 11 is 0. The number of hydrogen-bond acceptors (Lipinski definition) is 5. The van der Waals surface area contributed by atoms with Crippen LogP contribution < -0.4 is 11.2 Å². The largest absolute Gasteiger partial charge is 0.361 e. The standard InChI is InChI=1S/C11H11N5O3/c1-3-16-9-7(10(17)14-11(16)18)12-8(13-9)6-4-5(2)19-15-6/h4H,3H2,1-2H3,(H,12,13)(H,14,17,18). The zero-order valence-electron chi connectivity index (χ0n) is 10.4. The summed E-state index contributed by atoms with van der Waals surface area (Å²) in [6.07, 6.45) is 0. The molecule has 0 spiro atoms. The third kappa shape index (κ3) is 1.68. The molecule has 8 heteroatoms. The van der Waals surface area contributed by atoms with Crippen molar-refractivity contribution in [3.05, 3.63) is 32.7 Å². The van der Waals surface area contributed by atoms with Crippen molar-refractivity contribution in [2.45, 2.75) is 20.4 Å². The lowest BCUT2D eigenvalue weighted by Crippen LogP contribution is -2.29. The Labute approximate surface area is 106 Å². The van der Waals surface area contributed by atoms with Crippen LogP contribution in [-0.2, 0) is 6.54 Å². The number of hydrogen-bond donors (Lipinski definition) is 2. The van der Waals surface area contributed by atoms with Crippen molar-refractivity contribution in [3.8, 4) is 11.5 Å². The third-order valence-electron chi connectivity index (χ3n) is 2.82. The summed E-state index contributed by atoms with van der Waals surface area (Å²) in [6.45, 7) is 3.97. The maximum atomic E-state index is 11.7. The fourth-order valence-electron chi connectivity index (χ4n) is 1.93. The summed E-state index contributed by atoms with van der Waals surface area (Å²) in [4.78, 5) is 32.7. The summed E-state index contributed by atoms with van der Waals surface area (Å²) < 4.78 is 6.34. The SMILES string of the molecule is CCn1c(=O)[nH]c(=O)c2[nH]c(-c3cc(C)on3)nc21. The molecular formula is C11H11N5O3. The van der Waals surface area contributed by atoms with E-state index in [9.17, 15) is 9.59 Å². The Morgan fingerprint density at radius 3 is 2.79 bits per heavy atom. The fourth-order valence-corrected chi connectivity index (χ4v) is 1.93. The van der Waals surface area contributed by atoms with E-state index >= 15 is 0 Å². The zero-order valence-corrected chi connectivity index (χ0v) is 10.4. The molecule has 0 aliphatic heterocycles. The topological polar surface area (TPSA) is 110 Å². The van der Waals surface area contributed by atoms with Crippen LogP contribution in [0.5, 0.6) is 0 Å². The van der Waals surface area contributed by atoms with Gasteiger partial charge in [-0.2, -0.15) is 0 Å². The van der Waals surface area contributed by atoms with E-state index in [1.165, 1.54) is 4.57 Å². The molecule has 2 N–H and O–H groups in total. The van der Waals surface area contributed by atoms with Gasteiger partial charge >= 0.3 is 5.69 Å². The van der Waals surface area contributed by atoms with Gasteiger partial charge in [0.25, 0.3) is 5.56 Å². The molecule has 3 rings (SSSR count). The van der Waals surface area contributed by atoms with Crippen LogP contribution >= 0.6 is 0 Å². The molecule has 0 aromatic carbocycles. The zero-order chi connectivity index (χ0) is 13.6. The number of nitrogens with one attached hydrogen (secondary N) is 2. The summed E-state index contributed by atoms with van der Waals surface area (Å²) in [7, 11) is 0. The maximum Gasteiger partial charge on any atom is 0.330 e. The molecule has 0 saturated heterocycles. The van der Waals surface area contributed by atoms with Gasteiger partial charge in [0.15, 0.2) is 11.5 Å². The predicted octanol–water partition coefficient (Wildman–Crippen LogP) is 0.396. The first-order valence-corrected chi connectivity index (χ1v) is 5.76. The maximum absolute atomic E-state index is 11.7. The van der Waals surface area contributed by atoms with Gasteiger partial charge in [-0.25, -0.2) is 9.78 Å². The van der Waals surface area contributed by atoms with Crippen LogP contribution in [0.2, 0.25) is 0 Å². The number of imidazole rings is 1. The lowest BCUT2D eigenvalue weighted by molar-refractivity contribution is 0.399. The number of nitrogens with zero attached hydrogens (tertiary/aromatic N) is 3. The molecule has 0 unspecified atom stereocenters. The molecule has 98 valence electrons. The summed E-state index contributed by atoms with van der Waals surface area (Å²) in [5, 5.41) is 3.82. The van der Waals surface area contributed by atoms with Crippen LogP contribution in [-0.4, -0.2) is 24.7 Å². The van der Waals surface area contributed by atoms with Gasteiger partial charge in [-0.3, -0.25) is 14.3 Å². The number of aromatic amines is 2.